The van der Waals surface area contributed by atoms with Gasteiger partial charge in [-0.2, -0.15) is 0 Å². The second-order valence-electron chi connectivity index (χ2n) is 9.11. The zero-order chi connectivity index (χ0) is 26.2. The third kappa shape index (κ3) is 4.71. The van der Waals surface area contributed by atoms with Crippen LogP contribution in [0.2, 0.25) is 0 Å². The molecule has 4 N–H and O–H groups in total. The van der Waals surface area contributed by atoms with Gasteiger partial charge in [-0.05, 0) is 78.2 Å². The molecular weight excluding hydrogens is 470 g/mol. The molecular formula is C28H25N5O4. The number of rotatable bonds is 5. The third-order valence-corrected chi connectivity index (χ3v) is 6.63. The second-order valence-corrected chi connectivity index (χ2v) is 9.11. The maximum absolute atomic E-state index is 12.7. The number of nitrogens with two attached hydrogens (primary N) is 1. The number of anilines is 2. The number of nitrogens with one attached hydrogen (secondary N) is 2. The molecule has 4 aromatic rings. The fourth-order valence-corrected chi connectivity index (χ4v) is 4.38. The van der Waals surface area contributed by atoms with Crippen molar-refractivity contribution < 1.29 is 19.1 Å². The Balaban J connectivity index is 1.32. The minimum absolute atomic E-state index is 0.236. The van der Waals surface area contributed by atoms with E-state index in [1.807, 2.05) is 25.1 Å². The van der Waals surface area contributed by atoms with E-state index in [-0.39, 0.29) is 5.82 Å². The lowest BCUT2D eigenvalue weighted by molar-refractivity contribution is -0.136. The Kier molecular flexibility index (Phi) is 6.04. The standard InChI is InChI=1S/C28H25N5O4/c1-16-7-10-30-14-21(16)18-11-19-13-24(31-15-22(19)23(29)12-18)32-25(34)26(35)33-28(8-9-28)20-5-3-17(4-6-20)27(36)37-2/h3-7,10-15H,8-9,29H2,1-2H3,(H,33,35)(H,31,32,34). The van der Waals surface area contributed by atoms with Gasteiger partial charge in [0, 0.05) is 35.2 Å². The SMILES string of the molecule is COC(=O)c1ccc(C2(NC(=O)C(=O)Nc3cc4cc(-c5cnccc5C)cc(N)c4cn3)CC2)cc1. The summed E-state index contributed by atoms with van der Waals surface area (Å²) >= 11 is 0. The van der Waals surface area contributed by atoms with Gasteiger partial charge in [0.05, 0.1) is 18.2 Å². The van der Waals surface area contributed by atoms with Gasteiger partial charge in [-0.15, -0.1) is 0 Å². The highest BCUT2D eigenvalue weighted by molar-refractivity contribution is 6.39. The van der Waals surface area contributed by atoms with E-state index in [9.17, 15) is 14.4 Å². The zero-order valence-corrected chi connectivity index (χ0v) is 20.4. The minimum atomic E-state index is -0.823. The van der Waals surface area contributed by atoms with E-state index in [1.165, 1.54) is 7.11 Å². The molecule has 186 valence electrons. The van der Waals surface area contributed by atoms with Gasteiger partial charge in [0.1, 0.15) is 5.82 Å². The van der Waals surface area contributed by atoms with Crippen molar-refractivity contribution in [1.29, 1.82) is 0 Å². The van der Waals surface area contributed by atoms with Crippen molar-refractivity contribution >= 4 is 40.1 Å². The summed E-state index contributed by atoms with van der Waals surface area (Å²) in [6.45, 7) is 1.99. The molecule has 37 heavy (non-hydrogen) atoms. The average Bonchev–Trinajstić information content (AvgIpc) is 3.68. The molecule has 0 spiro atoms. The maximum atomic E-state index is 12.7. The number of carbonyl (C=O) groups excluding carboxylic acids is 3. The van der Waals surface area contributed by atoms with Gasteiger partial charge < -0.3 is 21.1 Å². The predicted octanol–water partition coefficient (Wildman–Crippen LogP) is 3.72. The van der Waals surface area contributed by atoms with E-state index in [0.717, 1.165) is 33.0 Å². The van der Waals surface area contributed by atoms with Crippen molar-refractivity contribution in [3.8, 4) is 11.1 Å². The number of nitrogen functional groups attached to an aromatic ring is 1. The Labute approximate surface area is 213 Å². The molecule has 0 saturated heterocycles. The van der Waals surface area contributed by atoms with Gasteiger partial charge in [-0.1, -0.05) is 12.1 Å². The Hall–Kier alpha value is -4.79. The number of esters is 1. The topological polar surface area (TPSA) is 136 Å². The van der Waals surface area contributed by atoms with E-state index in [4.69, 9.17) is 10.5 Å². The summed E-state index contributed by atoms with van der Waals surface area (Å²) in [4.78, 5) is 45.6. The van der Waals surface area contributed by atoms with Crippen LogP contribution in [0, 0.1) is 6.92 Å². The van der Waals surface area contributed by atoms with Crippen LogP contribution in [-0.2, 0) is 19.9 Å². The molecule has 9 heteroatoms. The number of nitrogens with zero attached hydrogens (tertiary/aromatic N) is 2. The Morgan fingerprint density at radius 1 is 1.00 bits per heavy atom. The van der Waals surface area contributed by atoms with Crippen LogP contribution in [0.25, 0.3) is 21.9 Å². The smallest absolute Gasteiger partial charge is 0.337 e. The molecule has 0 bridgehead atoms. The highest BCUT2D eigenvalue weighted by atomic mass is 16.5. The van der Waals surface area contributed by atoms with Crippen LogP contribution in [0.3, 0.4) is 0 Å². The molecule has 2 aromatic carbocycles. The van der Waals surface area contributed by atoms with Crippen molar-refractivity contribution in [1.82, 2.24) is 15.3 Å². The van der Waals surface area contributed by atoms with Crippen LogP contribution in [0.4, 0.5) is 11.5 Å². The molecule has 0 radical (unpaired) electrons. The van der Waals surface area contributed by atoms with Gasteiger partial charge in [-0.3, -0.25) is 14.6 Å². The number of pyridine rings is 2. The monoisotopic (exact) mass is 495 g/mol. The fourth-order valence-electron chi connectivity index (χ4n) is 4.38. The molecule has 2 amide bonds. The summed E-state index contributed by atoms with van der Waals surface area (Å²) in [6, 6.07) is 14.2. The summed E-state index contributed by atoms with van der Waals surface area (Å²) in [5, 5.41) is 6.92. The van der Waals surface area contributed by atoms with Gasteiger partial charge in [0.25, 0.3) is 0 Å². The Morgan fingerprint density at radius 2 is 1.76 bits per heavy atom. The summed E-state index contributed by atoms with van der Waals surface area (Å²) in [5.74, 6) is -1.79. The summed E-state index contributed by atoms with van der Waals surface area (Å²) in [6.07, 6.45) is 6.46. The summed E-state index contributed by atoms with van der Waals surface area (Å²) < 4.78 is 4.72. The van der Waals surface area contributed by atoms with Crippen molar-refractivity contribution in [2.75, 3.05) is 18.2 Å². The number of ether oxygens (including phenoxy) is 1. The number of methoxy groups -OCH3 is 1. The van der Waals surface area contributed by atoms with E-state index >= 15 is 0 Å². The van der Waals surface area contributed by atoms with Crippen LogP contribution >= 0.6 is 0 Å². The number of benzene rings is 2. The van der Waals surface area contributed by atoms with Crippen LogP contribution in [0.1, 0.15) is 34.3 Å². The van der Waals surface area contributed by atoms with Gasteiger partial charge >= 0.3 is 17.8 Å². The predicted molar refractivity (Wildman–Crippen MR) is 140 cm³/mol. The molecule has 1 aliphatic rings. The van der Waals surface area contributed by atoms with Gasteiger partial charge in [0.15, 0.2) is 0 Å². The largest absolute Gasteiger partial charge is 0.465 e. The molecule has 1 saturated carbocycles. The first-order valence-electron chi connectivity index (χ1n) is 11.7. The second kappa shape index (κ2) is 9.34. The lowest BCUT2D eigenvalue weighted by atomic mass is 9.99. The highest BCUT2D eigenvalue weighted by Crippen LogP contribution is 2.45. The van der Waals surface area contributed by atoms with E-state index in [0.29, 0.717) is 24.1 Å². The quantitative estimate of drug-likeness (QED) is 0.218. The molecule has 5 rings (SSSR count). The van der Waals surface area contributed by atoms with Crippen LogP contribution < -0.4 is 16.4 Å². The number of carbonyl (C=O) groups is 3. The number of fused-ring (bicyclic) bond motifs is 1. The van der Waals surface area contributed by atoms with Crippen LogP contribution in [-0.4, -0.2) is 34.9 Å². The minimum Gasteiger partial charge on any atom is -0.465 e. The van der Waals surface area contributed by atoms with Gasteiger partial charge in [0.2, 0.25) is 0 Å². The van der Waals surface area contributed by atoms with Crippen LogP contribution in [0.15, 0.2) is 67.1 Å². The first-order valence-corrected chi connectivity index (χ1v) is 11.7. The molecule has 2 aromatic heterocycles. The van der Waals surface area contributed by atoms with Crippen molar-refractivity contribution in [2.45, 2.75) is 25.3 Å². The Morgan fingerprint density at radius 3 is 2.43 bits per heavy atom. The van der Waals surface area contributed by atoms with E-state index < -0.39 is 23.3 Å². The maximum Gasteiger partial charge on any atom is 0.337 e. The summed E-state index contributed by atoms with van der Waals surface area (Å²) in [7, 11) is 1.32. The van der Waals surface area contributed by atoms with E-state index in [1.54, 1.807) is 48.9 Å². The molecule has 0 aliphatic heterocycles. The lowest BCUT2D eigenvalue weighted by Gasteiger charge is -2.18. The number of aromatic nitrogens is 2. The molecule has 2 heterocycles. The number of amides is 2. The first kappa shape index (κ1) is 23.9. The van der Waals surface area contributed by atoms with Gasteiger partial charge in [-0.25, -0.2) is 9.78 Å². The van der Waals surface area contributed by atoms with Crippen molar-refractivity contribution in [3.63, 3.8) is 0 Å². The molecule has 1 aliphatic carbocycles. The summed E-state index contributed by atoms with van der Waals surface area (Å²) in [5.41, 5.74) is 10.3. The normalized spacial score (nSPS) is 13.6. The number of hydrogen-bond acceptors (Lipinski definition) is 7. The van der Waals surface area contributed by atoms with E-state index in [2.05, 4.69) is 20.6 Å². The highest BCUT2D eigenvalue weighted by Gasteiger charge is 2.46. The van der Waals surface area contributed by atoms with Crippen molar-refractivity contribution in [2.24, 2.45) is 0 Å². The fraction of sp³-hybridized carbons (Fsp3) is 0.179. The molecule has 0 unspecified atom stereocenters. The molecule has 1 fully saturated rings. The molecule has 0 atom stereocenters. The zero-order valence-electron chi connectivity index (χ0n) is 20.4. The average molecular weight is 496 g/mol. The number of hydrogen-bond donors (Lipinski definition) is 3. The van der Waals surface area contributed by atoms with Crippen LogP contribution in [0.5, 0.6) is 0 Å². The first-order chi connectivity index (χ1) is 17.8. The Bertz CT molecular complexity index is 1540. The molecule has 9 nitrogen and oxygen atoms in total. The van der Waals surface area contributed by atoms with Crippen molar-refractivity contribution in [3.05, 3.63) is 83.8 Å². The number of aryl methyl sites for hydroxylation is 1. The third-order valence-electron chi connectivity index (χ3n) is 6.63. The lowest BCUT2D eigenvalue weighted by Crippen LogP contribution is -2.42.